The standard InChI is InChI=1S/C22H23N5O2/c1-14-11-17-12-15(4-5-19(17)29-14)22(28)26-9-6-16(13-26)20-18-3-2-8-24-21(18)27(25-20)10-7-23/h2-5,8,11-12,16H,6-7,9-10,13,23H2,1H3/t16-/m0/s1. The molecule has 0 aliphatic carbocycles. The maximum atomic E-state index is 13.1. The number of rotatable bonds is 4. The summed E-state index contributed by atoms with van der Waals surface area (Å²) in [7, 11) is 0. The first kappa shape index (κ1) is 17.9. The zero-order chi connectivity index (χ0) is 20.0. The van der Waals surface area contributed by atoms with Crippen LogP contribution in [0.5, 0.6) is 0 Å². The first-order chi connectivity index (χ1) is 14.1. The van der Waals surface area contributed by atoms with Gasteiger partial charge in [0.05, 0.1) is 12.2 Å². The Labute approximate surface area is 168 Å². The highest BCUT2D eigenvalue weighted by Crippen LogP contribution is 2.32. The molecule has 1 saturated heterocycles. The molecule has 148 valence electrons. The molecule has 4 aromatic rings. The molecule has 5 rings (SSSR count). The fraction of sp³-hybridized carbons (Fsp3) is 0.318. The molecule has 1 atom stereocenters. The number of nitrogens with zero attached hydrogens (tertiary/aromatic N) is 4. The molecule has 1 fully saturated rings. The van der Waals surface area contributed by atoms with Crippen molar-refractivity contribution in [2.24, 2.45) is 5.73 Å². The van der Waals surface area contributed by atoms with E-state index in [1.54, 1.807) is 6.20 Å². The summed E-state index contributed by atoms with van der Waals surface area (Å²) in [6.45, 7) is 4.43. The van der Waals surface area contributed by atoms with Gasteiger partial charge in [-0.3, -0.25) is 4.79 Å². The van der Waals surface area contributed by atoms with E-state index in [4.69, 9.17) is 15.2 Å². The van der Waals surface area contributed by atoms with Crippen LogP contribution in [-0.4, -0.2) is 45.2 Å². The Morgan fingerprint density at radius 2 is 2.21 bits per heavy atom. The van der Waals surface area contributed by atoms with Crippen LogP contribution in [0.4, 0.5) is 0 Å². The summed E-state index contributed by atoms with van der Waals surface area (Å²) in [4.78, 5) is 19.5. The smallest absolute Gasteiger partial charge is 0.253 e. The maximum Gasteiger partial charge on any atom is 0.253 e. The average molecular weight is 389 g/mol. The van der Waals surface area contributed by atoms with E-state index >= 15 is 0 Å². The van der Waals surface area contributed by atoms with Gasteiger partial charge in [-0.15, -0.1) is 0 Å². The van der Waals surface area contributed by atoms with Crippen LogP contribution in [0.15, 0.2) is 47.0 Å². The molecule has 1 aromatic carbocycles. The number of aromatic nitrogens is 3. The van der Waals surface area contributed by atoms with Crippen molar-refractivity contribution in [2.45, 2.75) is 25.8 Å². The third-order valence-electron chi connectivity index (χ3n) is 5.63. The second kappa shape index (κ2) is 7.00. The summed E-state index contributed by atoms with van der Waals surface area (Å²) < 4.78 is 7.50. The lowest BCUT2D eigenvalue weighted by atomic mass is 10.0. The van der Waals surface area contributed by atoms with Gasteiger partial charge in [0.1, 0.15) is 11.3 Å². The van der Waals surface area contributed by atoms with Crippen molar-refractivity contribution < 1.29 is 9.21 Å². The third-order valence-corrected chi connectivity index (χ3v) is 5.63. The zero-order valence-corrected chi connectivity index (χ0v) is 16.3. The van der Waals surface area contributed by atoms with Gasteiger partial charge in [0.25, 0.3) is 5.91 Å². The van der Waals surface area contributed by atoms with E-state index in [-0.39, 0.29) is 11.8 Å². The number of nitrogens with two attached hydrogens (primary N) is 1. The molecule has 7 nitrogen and oxygen atoms in total. The number of pyridine rings is 1. The van der Waals surface area contributed by atoms with Crippen LogP contribution in [0, 0.1) is 6.92 Å². The summed E-state index contributed by atoms with van der Waals surface area (Å²) >= 11 is 0. The summed E-state index contributed by atoms with van der Waals surface area (Å²) in [6.07, 6.45) is 2.67. The molecule has 29 heavy (non-hydrogen) atoms. The van der Waals surface area contributed by atoms with Crippen molar-refractivity contribution >= 4 is 27.9 Å². The predicted molar refractivity (Wildman–Crippen MR) is 111 cm³/mol. The van der Waals surface area contributed by atoms with Gasteiger partial charge in [-0.2, -0.15) is 5.10 Å². The van der Waals surface area contributed by atoms with Gasteiger partial charge in [-0.25, -0.2) is 9.67 Å². The van der Waals surface area contributed by atoms with Crippen LogP contribution in [0.2, 0.25) is 0 Å². The molecule has 0 spiro atoms. The third kappa shape index (κ3) is 3.07. The van der Waals surface area contributed by atoms with Gasteiger partial charge < -0.3 is 15.1 Å². The highest BCUT2D eigenvalue weighted by Gasteiger charge is 2.31. The summed E-state index contributed by atoms with van der Waals surface area (Å²) in [5.41, 5.74) is 9.11. The van der Waals surface area contributed by atoms with Gasteiger partial charge >= 0.3 is 0 Å². The largest absolute Gasteiger partial charge is 0.461 e. The van der Waals surface area contributed by atoms with Crippen molar-refractivity contribution in [3.05, 3.63) is 59.6 Å². The number of carbonyl (C=O) groups excluding carboxylic acids is 1. The summed E-state index contributed by atoms with van der Waals surface area (Å²) in [6, 6.07) is 11.6. The SMILES string of the molecule is Cc1cc2cc(C(=O)N3CC[C@H](c4nn(CCN)c5ncccc45)C3)ccc2o1. The number of likely N-dealkylation sites (tertiary alicyclic amines) is 1. The zero-order valence-electron chi connectivity index (χ0n) is 16.3. The highest BCUT2D eigenvalue weighted by atomic mass is 16.3. The number of hydrogen-bond donors (Lipinski definition) is 1. The molecular formula is C22H23N5O2. The fourth-order valence-corrected chi connectivity index (χ4v) is 4.27. The highest BCUT2D eigenvalue weighted by molar-refractivity contribution is 5.98. The monoisotopic (exact) mass is 389 g/mol. The Kier molecular flexibility index (Phi) is 4.32. The van der Waals surface area contributed by atoms with Crippen molar-refractivity contribution in [3.8, 4) is 0 Å². The first-order valence-corrected chi connectivity index (χ1v) is 9.95. The van der Waals surface area contributed by atoms with Crippen molar-refractivity contribution in [2.75, 3.05) is 19.6 Å². The molecular weight excluding hydrogens is 366 g/mol. The van der Waals surface area contributed by atoms with Crippen molar-refractivity contribution in [3.63, 3.8) is 0 Å². The van der Waals surface area contributed by atoms with E-state index in [1.165, 1.54) is 0 Å². The number of carbonyl (C=O) groups is 1. The lowest BCUT2D eigenvalue weighted by molar-refractivity contribution is 0.0791. The normalized spacial score (nSPS) is 16.9. The Morgan fingerprint density at radius 3 is 3.07 bits per heavy atom. The van der Waals surface area contributed by atoms with Crippen molar-refractivity contribution in [1.29, 1.82) is 0 Å². The second-order valence-corrected chi connectivity index (χ2v) is 7.62. The van der Waals surface area contributed by atoms with Crippen LogP contribution < -0.4 is 5.73 Å². The number of fused-ring (bicyclic) bond motifs is 2. The van der Waals surface area contributed by atoms with E-state index in [0.29, 0.717) is 25.2 Å². The molecule has 3 aromatic heterocycles. The minimum atomic E-state index is 0.0528. The molecule has 1 amide bonds. The Hall–Kier alpha value is -3.19. The quantitative estimate of drug-likeness (QED) is 0.579. The fourth-order valence-electron chi connectivity index (χ4n) is 4.27. The number of aryl methyl sites for hydroxylation is 1. The maximum absolute atomic E-state index is 13.1. The molecule has 2 N–H and O–H groups in total. The molecule has 0 unspecified atom stereocenters. The van der Waals surface area contributed by atoms with Crippen LogP contribution in [0.25, 0.3) is 22.0 Å². The first-order valence-electron chi connectivity index (χ1n) is 9.95. The molecule has 0 saturated carbocycles. The lowest BCUT2D eigenvalue weighted by Crippen LogP contribution is -2.28. The number of hydrogen-bond acceptors (Lipinski definition) is 5. The minimum Gasteiger partial charge on any atom is -0.461 e. The Morgan fingerprint density at radius 1 is 1.31 bits per heavy atom. The van der Waals surface area contributed by atoms with Gasteiger partial charge in [-0.05, 0) is 49.7 Å². The number of furan rings is 1. The van der Waals surface area contributed by atoms with Crippen LogP contribution in [0.1, 0.15) is 34.2 Å². The van der Waals surface area contributed by atoms with E-state index in [9.17, 15) is 4.79 Å². The predicted octanol–water partition coefficient (Wildman–Crippen LogP) is 3.07. The molecule has 4 heterocycles. The second-order valence-electron chi connectivity index (χ2n) is 7.62. The Bertz CT molecular complexity index is 1210. The Balaban J connectivity index is 1.41. The summed E-state index contributed by atoms with van der Waals surface area (Å²) in [5, 5.41) is 6.81. The van der Waals surface area contributed by atoms with Gasteiger partial charge in [0, 0.05) is 48.1 Å². The van der Waals surface area contributed by atoms with Crippen LogP contribution >= 0.6 is 0 Å². The van der Waals surface area contributed by atoms with Crippen LogP contribution in [0.3, 0.4) is 0 Å². The topological polar surface area (TPSA) is 90.2 Å². The average Bonchev–Trinajstić information content (AvgIpc) is 3.43. The van der Waals surface area contributed by atoms with E-state index < -0.39 is 0 Å². The van der Waals surface area contributed by atoms with E-state index in [0.717, 1.165) is 46.4 Å². The molecule has 0 radical (unpaired) electrons. The van der Waals surface area contributed by atoms with Crippen molar-refractivity contribution in [1.82, 2.24) is 19.7 Å². The van der Waals surface area contributed by atoms with Crippen LogP contribution in [-0.2, 0) is 6.54 Å². The van der Waals surface area contributed by atoms with Gasteiger partial charge in [-0.1, -0.05) is 0 Å². The number of benzene rings is 1. The van der Waals surface area contributed by atoms with E-state index in [2.05, 4.69) is 11.1 Å². The number of amides is 1. The van der Waals surface area contributed by atoms with Gasteiger partial charge in [0.15, 0.2) is 5.65 Å². The molecule has 1 aliphatic rings. The molecule has 0 bridgehead atoms. The van der Waals surface area contributed by atoms with E-state index in [1.807, 2.05) is 46.8 Å². The van der Waals surface area contributed by atoms with Gasteiger partial charge in [0.2, 0.25) is 0 Å². The minimum absolute atomic E-state index is 0.0528. The molecule has 7 heteroatoms. The lowest BCUT2D eigenvalue weighted by Gasteiger charge is -2.16. The summed E-state index contributed by atoms with van der Waals surface area (Å²) in [5.74, 6) is 1.10. The molecule has 1 aliphatic heterocycles.